The number of hydrogen-bond donors (Lipinski definition) is 1. The molecule has 0 unspecified atom stereocenters. The molecule has 2 aromatic carbocycles. The first kappa shape index (κ1) is 20.0. The quantitative estimate of drug-likeness (QED) is 0.586. The number of nitrogens with zero attached hydrogens (tertiary/aromatic N) is 1. The average molecular weight is 408 g/mol. The molecule has 28 heavy (non-hydrogen) atoms. The molecule has 1 N–H and O–H groups in total. The second-order valence-electron chi connectivity index (χ2n) is 6.09. The van der Waals surface area contributed by atoms with Gasteiger partial charge in [0.25, 0.3) is 5.91 Å². The molecule has 1 aromatic heterocycles. The summed E-state index contributed by atoms with van der Waals surface area (Å²) in [6, 6.07) is 10.8. The lowest BCUT2D eigenvalue weighted by Gasteiger charge is -2.12. The molecule has 0 aliphatic carbocycles. The van der Waals surface area contributed by atoms with Crippen molar-refractivity contribution in [2.24, 2.45) is 0 Å². The second kappa shape index (κ2) is 8.10. The number of thiazole rings is 1. The van der Waals surface area contributed by atoms with Crippen molar-refractivity contribution in [2.45, 2.75) is 19.5 Å². The standard InChI is InChI=1S/C20H16F4N2OS/c1-12-17(28-19(26-12)13-5-4-6-14(21)11-13)9-10-25-18(27)15-7-2-3-8-16(15)20(22,23)24/h2-8,11H,9-10H2,1H3,(H,25,27). The molecule has 0 saturated carbocycles. The fourth-order valence-electron chi connectivity index (χ4n) is 2.72. The number of carbonyl (C=O) groups excluding carboxylic acids is 1. The molecule has 8 heteroatoms. The van der Waals surface area contributed by atoms with E-state index in [2.05, 4.69) is 10.3 Å². The van der Waals surface area contributed by atoms with Gasteiger partial charge in [0.2, 0.25) is 0 Å². The normalized spacial score (nSPS) is 11.5. The van der Waals surface area contributed by atoms with Crippen LogP contribution in [0.1, 0.15) is 26.5 Å². The molecule has 0 atom stereocenters. The molecule has 0 fully saturated rings. The zero-order chi connectivity index (χ0) is 20.3. The molecule has 0 radical (unpaired) electrons. The summed E-state index contributed by atoms with van der Waals surface area (Å²) in [6.07, 6.45) is -4.18. The van der Waals surface area contributed by atoms with Crippen LogP contribution in [0.15, 0.2) is 48.5 Å². The van der Waals surface area contributed by atoms with Crippen molar-refractivity contribution in [3.05, 3.63) is 76.0 Å². The van der Waals surface area contributed by atoms with Crippen molar-refractivity contribution < 1.29 is 22.4 Å². The van der Waals surface area contributed by atoms with Crippen molar-refractivity contribution in [2.75, 3.05) is 6.54 Å². The number of alkyl halides is 3. The Labute approximate surface area is 163 Å². The van der Waals surface area contributed by atoms with Crippen molar-refractivity contribution in [3.63, 3.8) is 0 Å². The number of aromatic nitrogens is 1. The molecular formula is C20H16F4N2OS. The maximum absolute atomic E-state index is 13.4. The number of rotatable bonds is 5. The zero-order valence-corrected chi connectivity index (χ0v) is 15.6. The Hall–Kier alpha value is -2.74. The molecular weight excluding hydrogens is 392 g/mol. The molecule has 1 amide bonds. The fraction of sp³-hybridized carbons (Fsp3) is 0.200. The van der Waals surface area contributed by atoms with Crippen LogP contribution in [0.2, 0.25) is 0 Å². The Kier molecular flexibility index (Phi) is 5.79. The van der Waals surface area contributed by atoms with Crippen LogP contribution in [0.3, 0.4) is 0 Å². The third-order valence-corrected chi connectivity index (χ3v) is 5.35. The number of amides is 1. The van der Waals surface area contributed by atoms with Gasteiger partial charge in [-0.05, 0) is 31.2 Å². The first-order valence-electron chi connectivity index (χ1n) is 8.42. The van der Waals surface area contributed by atoms with Gasteiger partial charge in [-0.3, -0.25) is 4.79 Å². The summed E-state index contributed by atoms with van der Waals surface area (Å²) in [4.78, 5) is 17.5. The highest BCUT2D eigenvalue weighted by Crippen LogP contribution is 2.32. The number of carbonyl (C=O) groups is 1. The van der Waals surface area contributed by atoms with E-state index in [1.165, 1.54) is 35.6 Å². The molecule has 0 bridgehead atoms. The first-order valence-corrected chi connectivity index (χ1v) is 9.24. The number of nitrogens with one attached hydrogen (secondary N) is 1. The van der Waals surface area contributed by atoms with E-state index in [0.29, 0.717) is 17.0 Å². The SMILES string of the molecule is Cc1nc(-c2cccc(F)c2)sc1CCNC(=O)c1ccccc1C(F)(F)F. The highest BCUT2D eigenvalue weighted by Gasteiger charge is 2.34. The zero-order valence-electron chi connectivity index (χ0n) is 14.8. The number of hydrogen-bond acceptors (Lipinski definition) is 3. The van der Waals surface area contributed by atoms with E-state index < -0.39 is 23.2 Å². The van der Waals surface area contributed by atoms with Crippen LogP contribution < -0.4 is 5.32 Å². The summed E-state index contributed by atoms with van der Waals surface area (Å²) < 4.78 is 52.5. The number of aryl methyl sites for hydroxylation is 1. The van der Waals surface area contributed by atoms with Gasteiger partial charge < -0.3 is 5.32 Å². The van der Waals surface area contributed by atoms with Gasteiger partial charge in [-0.25, -0.2) is 9.37 Å². The van der Waals surface area contributed by atoms with E-state index in [1.807, 2.05) is 0 Å². The van der Waals surface area contributed by atoms with Gasteiger partial charge in [-0.2, -0.15) is 13.2 Å². The summed E-state index contributed by atoms with van der Waals surface area (Å²) in [6.45, 7) is 1.96. The van der Waals surface area contributed by atoms with Crippen LogP contribution in [-0.2, 0) is 12.6 Å². The first-order chi connectivity index (χ1) is 13.3. The Morgan fingerprint density at radius 1 is 1.14 bits per heavy atom. The van der Waals surface area contributed by atoms with Crippen LogP contribution in [0, 0.1) is 12.7 Å². The predicted octanol–water partition coefficient (Wildman–Crippen LogP) is 5.25. The minimum absolute atomic E-state index is 0.163. The Morgan fingerprint density at radius 2 is 1.89 bits per heavy atom. The largest absolute Gasteiger partial charge is 0.417 e. The van der Waals surface area contributed by atoms with Crippen LogP contribution in [0.25, 0.3) is 10.6 Å². The Bertz CT molecular complexity index is 998. The molecule has 0 spiro atoms. The molecule has 3 rings (SSSR count). The van der Waals surface area contributed by atoms with Gasteiger partial charge in [-0.15, -0.1) is 11.3 Å². The monoisotopic (exact) mass is 408 g/mol. The molecule has 1 heterocycles. The fourth-order valence-corrected chi connectivity index (χ4v) is 3.78. The average Bonchev–Trinajstić information content (AvgIpc) is 3.02. The van der Waals surface area contributed by atoms with E-state index >= 15 is 0 Å². The van der Waals surface area contributed by atoms with Crippen molar-refractivity contribution in [1.82, 2.24) is 10.3 Å². The van der Waals surface area contributed by atoms with Gasteiger partial charge in [-0.1, -0.05) is 24.3 Å². The highest BCUT2D eigenvalue weighted by atomic mass is 32.1. The maximum atomic E-state index is 13.4. The van der Waals surface area contributed by atoms with Crippen molar-refractivity contribution in [1.29, 1.82) is 0 Å². The van der Waals surface area contributed by atoms with E-state index in [4.69, 9.17) is 0 Å². The predicted molar refractivity (Wildman–Crippen MR) is 99.7 cm³/mol. The lowest BCUT2D eigenvalue weighted by molar-refractivity contribution is -0.137. The van der Waals surface area contributed by atoms with E-state index in [1.54, 1.807) is 19.1 Å². The highest BCUT2D eigenvalue weighted by molar-refractivity contribution is 7.15. The summed E-state index contributed by atoms with van der Waals surface area (Å²) in [5, 5.41) is 3.18. The lowest BCUT2D eigenvalue weighted by Crippen LogP contribution is -2.28. The topological polar surface area (TPSA) is 42.0 Å². The minimum Gasteiger partial charge on any atom is -0.352 e. The minimum atomic E-state index is -4.60. The summed E-state index contributed by atoms with van der Waals surface area (Å²) in [7, 11) is 0. The van der Waals surface area contributed by atoms with E-state index in [-0.39, 0.29) is 12.4 Å². The van der Waals surface area contributed by atoms with Crippen molar-refractivity contribution >= 4 is 17.2 Å². The summed E-state index contributed by atoms with van der Waals surface area (Å²) in [5.41, 5.74) is 0.0306. The summed E-state index contributed by atoms with van der Waals surface area (Å²) >= 11 is 1.37. The number of benzene rings is 2. The smallest absolute Gasteiger partial charge is 0.352 e. The molecule has 3 aromatic rings. The molecule has 3 nitrogen and oxygen atoms in total. The van der Waals surface area contributed by atoms with Gasteiger partial charge in [0.05, 0.1) is 16.8 Å². The molecule has 146 valence electrons. The second-order valence-corrected chi connectivity index (χ2v) is 7.17. The van der Waals surface area contributed by atoms with Gasteiger partial charge >= 0.3 is 6.18 Å². The Morgan fingerprint density at radius 3 is 2.61 bits per heavy atom. The van der Waals surface area contributed by atoms with Crippen LogP contribution in [0.5, 0.6) is 0 Å². The maximum Gasteiger partial charge on any atom is 0.417 e. The summed E-state index contributed by atoms with van der Waals surface area (Å²) in [5.74, 6) is -1.14. The van der Waals surface area contributed by atoms with Gasteiger partial charge in [0.1, 0.15) is 10.8 Å². The lowest BCUT2D eigenvalue weighted by atomic mass is 10.1. The van der Waals surface area contributed by atoms with E-state index in [9.17, 15) is 22.4 Å². The van der Waals surface area contributed by atoms with E-state index in [0.717, 1.165) is 22.7 Å². The third-order valence-electron chi connectivity index (χ3n) is 4.08. The molecule has 0 aliphatic heterocycles. The van der Waals surface area contributed by atoms with Crippen LogP contribution in [-0.4, -0.2) is 17.4 Å². The molecule has 0 aliphatic rings. The molecule has 0 saturated heterocycles. The third kappa shape index (κ3) is 4.56. The van der Waals surface area contributed by atoms with Gasteiger partial charge in [0, 0.05) is 23.4 Å². The number of halogens is 4. The van der Waals surface area contributed by atoms with Crippen LogP contribution >= 0.6 is 11.3 Å². The van der Waals surface area contributed by atoms with Crippen LogP contribution in [0.4, 0.5) is 17.6 Å². The Balaban J connectivity index is 1.67. The van der Waals surface area contributed by atoms with Gasteiger partial charge in [0.15, 0.2) is 0 Å². The van der Waals surface area contributed by atoms with Crippen molar-refractivity contribution in [3.8, 4) is 10.6 Å².